The number of aromatic amines is 1. The number of nitrogens with one attached hydrogen (secondary N) is 1. The van der Waals surface area contributed by atoms with E-state index >= 15 is 0 Å². The first-order chi connectivity index (χ1) is 7.98. The molecule has 1 heterocycles. The van der Waals surface area contributed by atoms with Crippen molar-refractivity contribution in [3.8, 4) is 0 Å². The quantitative estimate of drug-likeness (QED) is 0.794. The first-order valence-corrected chi connectivity index (χ1v) is 6.15. The maximum absolute atomic E-state index is 14.1. The van der Waals surface area contributed by atoms with Gasteiger partial charge in [0.05, 0.1) is 11.2 Å². The van der Waals surface area contributed by atoms with Gasteiger partial charge in [-0.15, -0.1) is 0 Å². The Morgan fingerprint density at radius 3 is 2.59 bits per heavy atom. The van der Waals surface area contributed by atoms with Crippen LogP contribution in [0.5, 0.6) is 0 Å². The minimum atomic E-state index is -0.197. The molecular weight excluding hydrogens is 215 g/mol. The highest BCUT2D eigenvalue weighted by molar-refractivity contribution is 5.87. The Balaban J connectivity index is 2.36. The largest absolute Gasteiger partial charge is 0.278 e. The molecule has 3 heteroatoms. The predicted octanol–water partition coefficient (Wildman–Crippen LogP) is 3.88. The number of rotatable bonds is 1. The number of hydrogen-bond donors (Lipinski definition) is 1. The molecule has 0 saturated heterocycles. The summed E-state index contributed by atoms with van der Waals surface area (Å²) < 4.78 is 14.1. The van der Waals surface area contributed by atoms with E-state index in [0.717, 1.165) is 22.2 Å². The summed E-state index contributed by atoms with van der Waals surface area (Å²) in [7, 11) is 0. The second-order valence-electron chi connectivity index (χ2n) is 5.98. The third-order valence-corrected chi connectivity index (χ3v) is 3.42. The van der Waals surface area contributed by atoms with Gasteiger partial charge in [-0.2, -0.15) is 5.10 Å². The molecule has 17 heavy (non-hydrogen) atoms. The van der Waals surface area contributed by atoms with E-state index in [2.05, 4.69) is 31.0 Å². The molecule has 0 aliphatic heterocycles. The van der Waals surface area contributed by atoms with E-state index in [1.54, 1.807) is 6.07 Å². The van der Waals surface area contributed by atoms with Crippen molar-refractivity contribution < 1.29 is 4.39 Å². The van der Waals surface area contributed by atoms with E-state index in [0.29, 0.717) is 5.92 Å². The average Bonchev–Trinajstić information content (AvgIpc) is 2.97. The van der Waals surface area contributed by atoms with Gasteiger partial charge in [0.1, 0.15) is 5.82 Å². The molecule has 3 rings (SSSR count). The standard InChI is InChI=1S/C14H17FN2/c1-14(2,3)12-9(15)6-7-10-11(12)13(17-16-10)8-4-5-8/h6-8H,4-5H2,1-3H3,(H,16,17). The van der Waals surface area contributed by atoms with Crippen molar-refractivity contribution in [1.29, 1.82) is 0 Å². The molecule has 2 aromatic rings. The molecule has 1 aromatic carbocycles. The summed E-state index contributed by atoms with van der Waals surface area (Å²) in [5, 5.41) is 8.43. The first-order valence-electron chi connectivity index (χ1n) is 6.15. The second-order valence-corrected chi connectivity index (χ2v) is 5.98. The molecule has 2 nitrogen and oxygen atoms in total. The molecule has 0 amide bonds. The second kappa shape index (κ2) is 3.31. The number of nitrogens with zero attached hydrogens (tertiary/aromatic N) is 1. The Labute approximate surface area is 100 Å². The summed E-state index contributed by atoms with van der Waals surface area (Å²) in [4.78, 5) is 0. The fourth-order valence-electron chi connectivity index (χ4n) is 2.50. The lowest BCUT2D eigenvalue weighted by atomic mass is 9.83. The van der Waals surface area contributed by atoms with Gasteiger partial charge in [-0.25, -0.2) is 4.39 Å². The van der Waals surface area contributed by atoms with Crippen molar-refractivity contribution in [3.05, 3.63) is 29.2 Å². The summed E-state index contributed by atoms with van der Waals surface area (Å²) in [5.41, 5.74) is 2.62. The third kappa shape index (κ3) is 1.65. The lowest BCUT2D eigenvalue weighted by molar-refractivity contribution is 0.528. The Kier molecular flexibility index (Phi) is 2.09. The molecule has 0 radical (unpaired) electrons. The molecule has 1 fully saturated rings. The van der Waals surface area contributed by atoms with Crippen LogP contribution < -0.4 is 0 Å². The first kappa shape index (κ1) is 10.8. The number of H-pyrrole nitrogens is 1. The minimum Gasteiger partial charge on any atom is -0.278 e. The van der Waals surface area contributed by atoms with Crippen LogP contribution in [0.15, 0.2) is 12.1 Å². The van der Waals surface area contributed by atoms with Gasteiger partial charge in [0.15, 0.2) is 0 Å². The van der Waals surface area contributed by atoms with E-state index in [9.17, 15) is 4.39 Å². The van der Waals surface area contributed by atoms with Crippen LogP contribution in [0.4, 0.5) is 4.39 Å². The van der Waals surface area contributed by atoms with Gasteiger partial charge < -0.3 is 0 Å². The van der Waals surface area contributed by atoms with Gasteiger partial charge >= 0.3 is 0 Å². The van der Waals surface area contributed by atoms with Crippen LogP contribution in [-0.4, -0.2) is 10.2 Å². The molecule has 0 bridgehead atoms. The molecule has 1 saturated carbocycles. The number of benzene rings is 1. The number of aromatic nitrogens is 2. The van der Waals surface area contributed by atoms with Crippen LogP contribution in [0.2, 0.25) is 0 Å². The summed E-state index contributed by atoms with van der Waals surface area (Å²) >= 11 is 0. The van der Waals surface area contributed by atoms with E-state index in [-0.39, 0.29) is 11.2 Å². The van der Waals surface area contributed by atoms with Gasteiger partial charge in [-0.05, 0) is 30.4 Å². The van der Waals surface area contributed by atoms with Crippen molar-refractivity contribution >= 4 is 10.9 Å². The van der Waals surface area contributed by atoms with Crippen LogP contribution >= 0.6 is 0 Å². The SMILES string of the molecule is CC(C)(C)c1c(F)ccc2[nH]nc(C3CC3)c12. The highest BCUT2D eigenvalue weighted by Gasteiger charge is 2.32. The molecule has 90 valence electrons. The Bertz CT molecular complexity index is 574. The lowest BCUT2D eigenvalue weighted by Gasteiger charge is -2.21. The Morgan fingerprint density at radius 1 is 1.29 bits per heavy atom. The van der Waals surface area contributed by atoms with Gasteiger partial charge in [0.25, 0.3) is 0 Å². The fourth-order valence-corrected chi connectivity index (χ4v) is 2.50. The summed E-state index contributed by atoms with van der Waals surface area (Å²) in [6.45, 7) is 6.15. The average molecular weight is 232 g/mol. The molecule has 1 aliphatic rings. The smallest absolute Gasteiger partial charge is 0.127 e. The summed E-state index contributed by atoms with van der Waals surface area (Å²) in [5.74, 6) is 0.417. The summed E-state index contributed by atoms with van der Waals surface area (Å²) in [6, 6.07) is 3.33. The van der Waals surface area contributed by atoms with Gasteiger partial charge in [-0.3, -0.25) is 5.10 Å². The highest BCUT2D eigenvalue weighted by Crippen LogP contribution is 2.44. The van der Waals surface area contributed by atoms with Crippen molar-refractivity contribution in [2.24, 2.45) is 0 Å². The number of hydrogen-bond acceptors (Lipinski definition) is 1. The normalized spacial score (nSPS) is 16.7. The van der Waals surface area contributed by atoms with Crippen LogP contribution in [0.3, 0.4) is 0 Å². The van der Waals surface area contributed by atoms with E-state index < -0.39 is 0 Å². The van der Waals surface area contributed by atoms with Crippen molar-refractivity contribution in [2.75, 3.05) is 0 Å². The van der Waals surface area contributed by atoms with Gasteiger partial charge in [0, 0.05) is 16.9 Å². The van der Waals surface area contributed by atoms with Crippen LogP contribution in [0, 0.1) is 5.82 Å². The maximum Gasteiger partial charge on any atom is 0.127 e. The zero-order chi connectivity index (χ0) is 12.2. The Hall–Kier alpha value is -1.38. The Morgan fingerprint density at radius 2 is 2.00 bits per heavy atom. The number of halogens is 1. The van der Waals surface area contributed by atoms with Crippen molar-refractivity contribution in [3.63, 3.8) is 0 Å². The molecular formula is C14H17FN2. The lowest BCUT2D eigenvalue weighted by Crippen LogP contribution is -2.14. The van der Waals surface area contributed by atoms with Crippen LogP contribution in [-0.2, 0) is 5.41 Å². The topological polar surface area (TPSA) is 28.7 Å². The maximum atomic E-state index is 14.1. The van der Waals surface area contributed by atoms with Crippen LogP contribution in [0.25, 0.3) is 10.9 Å². The number of fused-ring (bicyclic) bond motifs is 1. The summed E-state index contributed by atoms with van der Waals surface area (Å²) in [6.07, 6.45) is 2.36. The monoisotopic (exact) mass is 232 g/mol. The predicted molar refractivity (Wildman–Crippen MR) is 66.7 cm³/mol. The minimum absolute atomic E-state index is 0.117. The van der Waals surface area contributed by atoms with E-state index in [1.165, 1.54) is 18.9 Å². The van der Waals surface area contributed by atoms with E-state index in [1.807, 2.05) is 0 Å². The molecule has 1 aliphatic carbocycles. The fraction of sp³-hybridized carbons (Fsp3) is 0.500. The highest BCUT2D eigenvalue weighted by atomic mass is 19.1. The van der Waals surface area contributed by atoms with Crippen LogP contribution in [0.1, 0.15) is 50.8 Å². The van der Waals surface area contributed by atoms with Gasteiger partial charge in [-0.1, -0.05) is 20.8 Å². The zero-order valence-corrected chi connectivity index (χ0v) is 10.5. The molecule has 0 unspecified atom stereocenters. The molecule has 0 atom stereocenters. The van der Waals surface area contributed by atoms with Crippen molar-refractivity contribution in [1.82, 2.24) is 10.2 Å². The molecule has 1 N–H and O–H groups in total. The van der Waals surface area contributed by atoms with Crippen molar-refractivity contribution in [2.45, 2.75) is 44.9 Å². The van der Waals surface area contributed by atoms with E-state index in [4.69, 9.17) is 0 Å². The molecule has 1 aromatic heterocycles. The van der Waals surface area contributed by atoms with Gasteiger partial charge in [0.2, 0.25) is 0 Å². The third-order valence-electron chi connectivity index (χ3n) is 3.42. The molecule has 0 spiro atoms. The zero-order valence-electron chi connectivity index (χ0n) is 10.5.